The molecule has 0 spiro atoms. The summed E-state index contributed by atoms with van der Waals surface area (Å²) in [6.07, 6.45) is -2.74. The van der Waals surface area contributed by atoms with Gasteiger partial charge in [0.05, 0.1) is 39.4 Å². The van der Waals surface area contributed by atoms with E-state index in [-0.39, 0.29) is 0 Å². The van der Waals surface area contributed by atoms with Gasteiger partial charge >= 0.3 is 6.18 Å². The lowest BCUT2D eigenvalue weighted by atomic mass is 9.85. The van der Waals surface area contributed by atoms with E-state index in [1.165, 1.54) is 10.7 Å². The maximum Gasteiger partial charge on any atom is 0.416 e. The van der Waals surface area contributed by atoms with Crippen molar-refractivity contribution in [2.75, 3.05) is 0 Å². The summed E-state index contributed by atoms with van der Waals surface area (Å²) in [6.45, 7) is 5.90. The molecule has 7 heteroatoms. The molecule has 0 saturated heterocycles. The number of halogens is 3. The zero-order chi connectivity index (χ0) is 22.2. The van der Waals surface area contributed by atoms with Crippen LogP contribution in [0.3, 0.4) is 0 Å². The molecule has 0 bridgehead atoms. The van der Waals surface area contributed by atoms with Crippen molar-refractivity contribution in [2.45, 2.75) is 32.4 Å². The third-order valence-corrected chi connectivity index (χ3v) is 5.21. The van der Waals surface area contributed by atoms with E-state index in [2.05, 4.69) is 10.1 Å². The highest BCUT2D eigenvalue weighted by atomic mass is 19.4. The second-order valence-corrected chi connectivity index (χ2v) is 7.89. The molecule has 3 heterocycles. The van der Waals surface area contributed by atoms with Crippen molar-refractivity contribution in [1.29, 1.82) is 0 Å². The fraction of sp³-hybridized carbons (Fsp3) is 0.208. The second-order valence-electron chi connectivity index (χ2n) is 7.89. The van der Waals surface area contributed by atoms with E-state index in [0.717, 1.165) is 34.9 Å². The molecule has 0 N–H and O–H groups in total. The van der Waals surface area contributed by atoms with Gasteiger partial charge in [-0.2, -0.15) is 18.3 Å². The predicted octanol–water partition coefficient (Wildman–Crippen LogP) is 5.98. The van der Waals surface area contributed by atoms with Crippen LogP contribution in [0, 0.1) is 6.92 Å². The summed E-state index contributed by atoms with van der Waals surface area (Å²) >= 11 is 0. The van der Waals surface area contributed by atoms with Gasteiger partial charge < -0.3 is 0 Å². The molecule has 0 radical (unpaired) electrons. The Bertz CT molecular complexity index is 1230. The van der Waals surface area contributed by atoms with Gasteiger partial charge in [-0.1, -0.05) is 18.2 Å². The summed E-state index contributed by atoms with van der Waals surface area (Å²) in [7, 11) is 0. The Morgan fingerprint density at radius 1 is 0.774 bits per heavy atom. The van der Waals surface area contributed by atoms with E-state index in [9.17, 15) is 13.2 Å². The third-order valence-electron chi connectivity index (χ3n) is 5.21. The first-order valence-corrected chi connectivity index (χ1v) is 9.80. The Labute approximate surface area is 178 Å². The number of aryl methyl sites for hydroxylation is 1. The highest BCUT2D eigenvalue weighted by Gasteiger charge is 2.31. The molecule has 4 nitrogen and oxygen atoms in total. The minimum Gasteiger partial charge on any atom is -0.251 e. The molecule has 0 unspecified atom stereocenters. The summed E-state index contributed by atoms with van der Waals surface area (Å²) in [5.74, 6) is 0. The lowest BCUT2D eigenvalue weighted by Gasteiger charge is -2.22. The molecule has 31 heavy (non-hydrogen) atoms. The van der Waals surface area contributed by atoms with Crippen LogP contribution in [0.1, 0.15) is 36.5 Å². The minimum atomic E-state index is -4.40. The van der Waals surface area contributed by atoms with Crippen molar-refractivity contribution in [3.05, 3.63) is 95.6 Å². The van der Waals surface area contributed by atoms with Crippen LogP contribution in [0.15, 0.2) is 72.9 Å². The highest BCUT2D eigenvalue weighted by molar-refractivity contribution is 5.55. The number of alkyl halides is 3. The first-order chi connectivity index (χ1) is 14.6. The molecule has 0 aliphatic rings. The molecule has 0 aliphatic heterocycles. The number of benzene rings is 1. The van der Waals surface area contributed by atoms with Gasteiger partial charge in [-0.3, -0.25) is 9.97 Å². The van der Waals surface area contributed by atoms with E-state index in [0.29, 0.717) is 11.4 Å². The Morgan fingerprint density at radius 3 is 2.16 bits per heavy atom. The van der Waals surface area contributed by atoms with Crippen LogP contribution in [-0.4, -0.2) is 19.7 Å². The van der Waals surface area contributed by atoms with Crippen LogP contribution in [0.5, 0.6) is 0 Å². The molecular formula is C24H21F3N4. The van der Waals surface area contributed by atoms with Crippen molar-refractivity contribution in [3.8, 4) is 17.1 Å². The molecule has 0 fully saturated rings. The molecule has 1 aromatic carbocycles. The predicted molar refractivity (Wildman–Crippen MR) is 113 cm³/mol. The number of hydrogen-bond acceptors (Lipinski definition) is 3. The third kappa shape index (κ3) is 4.21. The molecule has 4 aromatic rings. The van der Waals surface area contributed by atoms with E-state index >= 15 is 0 Å². The maximum atomic E-state index is 13.1. The van der Waals surface area contributed by atoms with Gasteiger partial charge in [0.25, 0.3) is 0 Å². The lowest BCUT2D eigenvalue weighted by Crippen LogP contribution is -2.22. The van der Waals surface area contributed by atoms with Crippen LogP contribution in [0.25, 0.3) is 17.1 Å². The molecule has 0 atom stereocenters. The Balaban J connectivity index is 1.68. The van der Waals surface area contributed by atoms with Crippen molar-refractivity contribution < 1.29 is 13.2 Å². The van der Waals surface area contributed by atoms with Gasteiger partial charge in [0.2, 0.25) is 0 Å². The van der Waals surface area contributed by atoms with Crippen LogP contribution in [0.4, 0.5) is 13.2 Å². The van der Waals surface area contributed by atoms with Crippen molar-refractivity contribution in [3.63, 3.8) is 0 Å². The summed E-state index contributed by atoms with van der Waals surface area (Å²) < 4.78 is 40.6. The molecule has 0 aliphatic carbocycles. The minimum absolute atomic E-state index is 0.350. The quantitative estimate of drug-likeness (QED) is 0.406. The van der Waals surface area contributed by atoms with E-state index in [4.69, 9.17) is 4.98 Å². The van der Waals surface area contributed by atoms with Gasteiger partial charge in [0.15, 0.2) is 0 Å². The summed E-state index contributed by atoms with van der Waals surface area (Å²) in [5, 5.41) is 4.56. The fourth-order valence-electron chi connectivity index (χ4n) is 3.37. The second kappa shape index (κ2) is 7.65. The van der Waals surface area contributed by atoms with Gasteiger partial charge in [-0.25, -0.2) is 4.68 Å². The lowest BCUT2D eigenvalue weighted by molar-refractivity contribution is -0.137. The van der Waals surface area contributed by atoms with E-state index < -0.39 is 17.2 Å². The van der Waals surface area contributed by atoms with Crippen molar-refractivity contribution >= 4 is 0 Å². The van der Waals surface area contributed by atoms with Crippen molar-refractivity contribution in [2.24, 2.45) is 0 Å². The number of hydrogen-bond donors (Lipinski definition) is 0. The SMILES string of the molecule is Cc1cccc(-c2cccc(C(C)(C)c3ccn(-c4cccc(C(F)(F)F)c4)n3)n2)n1. The molecule has 3 aromatic heterocycles. The Hall–Kier alpha value is -3.48. The summed E-state index contributed by atoms with van der Waals surface area (Å²) in [5.41, 5.74) is 3.02. The van der Waals surface area contributed by atoms with Gasteiger partial charge in [0, 0.05) is 11.9 Å². The molecule has 4 rings (SSSR count). The topological polar surface area (TPSA) is 43.6 Å². The fourth-order valence-corrected chi connectivity index (χ4v) is 3.37. The average molecular weight is 422 g/mol. The van der Waals surface area contributed by atoms with Crippen LogP contribution in [0.2, 0.25) is 0 Å². The number of nitrogens with zero attached hydrogens (tertiary/aromatic N) is 4. The Kier molecular flexibility index (Phi) is 5.13. The normalized spacial score (nSPS) is 12.2. The zero-order valence-electron chi connectivity index (χ0n) is 17.4. The number of rotatable bonds is 4. The van der Waals surface area contributed by atoms with Crippen molar-refractivity contribution in [1.82, 2.24) is 19.7 Å². The monoisotopic (exact) mass is 422 g/mol. The molecule has 0 saturated carbocycles. The van der Waals surface area contributed by atoms with E-state index in [1.807, 2.05) is 57.2 Å². The summed E-state index contributed by atoms with van der Waals surface area (Å²) in [6, 6.07) is 18.4. The van der Waals surface area contributed by atoms with E-state index in [1.54, 1.807) is 18.3 Å². The number of aromatic nitrogens is 4. The van der Waals surface area contributed by atoms with Gasteiger partial charge in [-0.15, -0.1) is 0 Å². The van der Waals surface area contributed by atoms with Crippen LogP contribution in [-0.2, 0) is 11.6 Å². The van der Waals surface area contributed by atoms with Gasteiger partial charge in [-0.05, 0) is 69.3 Å². The first kappa shape index (κ1) is 20.8. The van der Waals surface area contributed by atoms with Gasteiger partial charge in [0.1, 0.15) is 0 Å². The maximum absolute atomic E-state index is 13.1. The number of pyridine rings is 2. The zero-order valence-corrected chi connectivity index (χ0v) is 17.4. The van der Waals surface area contributed by atoms with Crippen LogP contribution < -0.4 is 0 Å². The molecule has 158 valence electrons. The average Bonchev–Trinajstić information content (AvgIpc) is 3.25. The Morgan fingerprint density at radius 2 is 1.45 bits per heavy atom. The largest absolute Gasteiger partial charge is 0.416 e. The highest BCUT2D eigenvalue weighted by Crippen LogP contribution is 2.32. The summed E-state index contributed by atoms with van der Waals surface area (Å²) in [4.78, 5) is 9.34. The van der Waals surface area contributed by atoms with Crippen LogP contribution >= 0.6 is 0 Å². The molecular weight excluding hydrogens is 401 g/mol. The first-order valence-electron chi connectivity index (χ1n) is 9.80. The standard InChI is InChI=1S/C24H21F3N4/c1-16-7-4-10-19(28-16)20-11-6-12-21(29-20)23(2,3)22-13-14-31(30-22)18-9-5-8-17(15-18)24(25,26)27/h4-15H,1-3H3. The smallest absolute Gasteiger partial charge is 0.251 e. The molecule has 0 amide bonds.